The van der Waals surface area contributed by atoms with Gasteiger partial charge in [-0.25, -0.2) is 13.4 Å². The van der Waals surface area contributed by atoms with E-state index in [1.54, 1.807) is 0 Å². The molecule has 0 aliphatic carbocycles. The van der Waals surface area contributed by atoms with Crippen molar-refractivity contribution in [3.05, 3.63) is 63.3 Å². The SMILES string of the molecule is Cc1cc(C)c2cccc(OCc3c(Cl)ccc(S(=O)(=O)NC4(C(=O)N5CCC(CCCC[N+](C)(C)C)CC5)CCOCC4)c3Cl)c2n1.O=C([O-])C(F)(F)F. The van der Waals surface area contributed by atoms with Crippen LogP contribution >= 0.6 is 23.2 Å². The van der Waals surface area contributed by atoms with Gasteiger partial charge in [-0.3, -0.25) is 4.79 Å². The first-order valence-electron chi connectivity index (χ1n) is 18.1. The lowest BCUT2D eigenvalue weighted by atomic mass is 9.86. The Morgan fingerprint density at radius 3 is 2.31 bits per heavy atom. The number of sulfonamides is 1. The maximum absolute atomic E-state index is 14.1. The number of amides is 1. The second kappa shape index (κ2) is 18.4. The fourth-order valence-corrected chi connectivity index (χ4v) is 9.18. The van der Waals surface area contributed by atoms with Crippen LogP contribution in [0.1, 0.15) is 61.8 Å². The summed E-state index contributed by atoms with van der Waals surface area (Å²) in [5.41, 5.74) is 1.65. The molecule has 55 heavy (non-hydrogen) atoms. The van der Waals surface area contributed by atoms with Gasteiger partial charge in [0.2, 0.25) is 15.9 Å². The highest BCUT2D eigenvalue weighted by atomic mass is 35.5. The summed E-state index contributed by atoms with van der Waals surface area (Å²) in [6, 6.07) is 10.6. The molecule has 0 radical (unpaired) electrons. The maximum Gasteiger partial charge on any atom is 0.430 e. The Hall–Kier alpha value is -3.21. The van der Waals surface area contributed by atoms with Crippen molar-refractivity contribution in [1.82, 2.24) is 14.6 Å². The van der Waals surface area contributed by atoms with Crippen molar-refractivity contribution in [3.63, 3.8) is 0 Å². The van der Waals surface area contributed by atoms with E-state index in [1.807, 2.05) is 43.0 Å². The van der Waals surface area contributed by atoms with Crippen LogP contribution in [0.4, 0.5) is 13.2 Å². The van der Waals surface area contributed by atoms with Crippen LogP contribution in [-0.2, 0) is 31.0 Å². The summed E-state index contributed by atoms with van der Waals surface area (Å²) in [7, 11) is 2.39. The number of aliphatic carboxylic acids is 1. The van der Waals surface area contributed by atoms with E-state index in [9.17, 15) is 26.4 Å². The van der Waals surface area contributed by atoms with Crippen molar-refractivity contribution in [2.75, 3.05) is 54.0 Å². The number of fused-ring (bicyclic) bond motifs is 1. The number of unbranched alkanes of at least 4 members (excludes halogenated alkanes) is 1. The highest BCUT2D eigenvalue weighted by Gasteiger charge is 2.47. The Morgan fingerprint density at radius 1 is 1.07 bits per heavy atom. The largest absolute Gasteiger partial charge is 0.542 e. The van der Waals surface area contributed by atoms with Gasteiger partial charge in [-0.15, -0.1) is 0 Å². The second-order valence-electron chi connectivity index (χ2n) is 15.2. The highest BCUT2D eigenvalue weighted by molar-refractivity contribution is 7.89. The van der Waals surface area contributed by atoms with Gasteiger partial charge in [-0.05, 0) is 88.1 Å². The molecule has 3 aromatic rings. The van der Waals surface area contributed by atoms with Gasteiger partial charge in [0.15, 0.2) is 0 Å². The standard InChI is InChI=1S/C36H49Cl2N4O5S.C2HF3O2/c1-25-23-26(2)39-34-28(25)10-8-11-31(34)47-24-29-30(37)12-13-32(33(29)38)48(44,45)40-36(16-21-46-22-17-36)35(43)41-18-14-27(15-19-41)9-6-7-20-42(3,4)5;3-2(4,5)1(6)7/h8,10-13,23,27,40H,6-7,9,14-22,24H2,1-5H3;(H,6,7)/q+1;/p-1. The average Bonchev–Trinajstić information content (AvgIpc) is 3.09. The van der Waals surface area contributed by atoms with Crippen molar-refractivity contribution in [3.8, 4) is 5.75 Å². The molecule has 17 heteroatoms. The minimum absolute atomic E-state index is 0.0451. The first-order valence-corrected chi connectivity index (χ1v) is 20.3. The number of likely N-dealkylation sites (tertiary alicyclic amines) is 1. The highest BCUT2D eigenvalue weighted by Crippen LogP contribution is 2.36. The Bertz CT molecular complexity index is 1940. The number of nitrogens with zero attached hydrogens (tertiary/aromatic N) is 3. The topological polar surface area (TPSA) is 138 Å². The molecule has 3 heterocycles. The van der Waals surface area contributed by atoms with Gasteiger partial charge >= 0.3 is 6.18 Å². The fraction of sp³-hybridized carbons (Fsp3) is 0.553. The van der Waals surface area contributed by atoms with E-state index in [0.717, 1.165) is 46.9 Å². The number of hydrogen-bond acceptors (Lipinski definition) is 8. The molecule has 2 saturated heterocycles. The molecule has 5 rings (SSSR count). The minimum Gasteiger partial charge on any atom is -0.542 e. The molecule has 0 spiro atoms. The van der Waals surface area contributed by atoms with E-state index >= 15 is 0 Å². The third-order valence-corrected chi connectivity index (χ3v) is 12.3. The molecule has 1 N–H and O–H groups in total. The number of piperidine rings is 1. The zero-order chi connectivity index (χ0) is 40.8. The lowest BCUT2D eigenvalue weighted by molar-refractivity contribution is -0.870. The number of alkyl halides is 3. The number of carboxylic acids is 1. The van der Waals surface area contributed by atoms with Gasteiger partial charge in [0, 0.05) is 48.0 Å². The minimum atomic E-state index is -5.19. The molecule has 2 fully saturated rings. The zero-order valence-electron chi connectivity index (χ0n) is 31.7. The number of aryl methyl sites for hydroxylation is 2. The first-order chi connectivity index (χ1) is 25.6. The average molecular weight is 834 g/mol. The quantitative estimate of drug-likeness (QED) is 0.174. The summed E-state index contributed by atoms with van der Waals surface area (Å²) >= 11 is 13.4. The maximum atomic E-state index is 14.1. The number of quaternary nitrogens is 1. The second-order valence-corrected chi connectivity index (χ2v) is 17.6. The molecule has 0 unspecified atom stereocenters. The van der Waals surface area contributed by atoms with Crippen molar-refractivity contribution >= 4 is 56.0 Å². The summed E-state index contributed by atoms with van der Waals surface area (Å²) in [4.78, 5) is 29.3. The van der Waals surface area contributed by atoms with Crippen LogP contribution in [0, 0.1) is 19.8 Å². The van der Waals surface area contributed by atoms with E-state index < -0.39 is 27.7 Å². The lowest BCUT2D eigenvalue weighted by Gasteiger charge is -2.42. The van der Waals surface area contributed by atoms with Crippen LogP contribution < -0.4 is 14.6 Å². The third kappa shape index (κ3) is 11.9. The molecule has 1 aromatic heterocycles. The monoisotopic (exact) mass is 832 g/mol. The number of para-hydroxylation sites is 1. The number of hydrogen-bond donors (Lipinski definition) is 1. The Balaban J connectivity index is 0.000000876. The van der Waals surface area contributed by atoms with E-state index in [1.165, 1.54) is 25.0 Å². The van der Waals surface area contributed by atoms with Crippen LogP contribution in [0.3, 0.4) is 0 Å². The smallest absolute Gasteiger partial charge is 0.430 e. The summed E-state index contributed by atoms with van der Waals surface area (Å²) < 4.78 is 75.2. The van der Waals surface area contributed by atoms with Gasteiger partial charge in [0.05, 0.1) is 32.7 Å². The number of halogens is 5. The molecule has 2 aromatic carbocycles. The Kier molecular flexibility index (Phi) is 14.9. The third-order valence-electron chi connectivity index (χ3n) is 9.86. The van der Waals surface area contributed by atoms with Crippen LogP contribution in [0.2, 0.25) is 10.0 Å². The number of pyridine rings is 1. The van der Waals surface area contributed by atoms with E-state index in [2.05, 4.69) is 30.8 Å². The predicted molar refractivity (Wildman–Crippen MR) is 202 cm³/mol. The van der Waals surface area contributed by atoms with Crippen molar-refractivity contribution in [1.29, 1.82) is 0 Å². The van der Waals surface area contributed by atoms with Crippen LogP contribution in [0.25, 0.3) is 10.9 Å². The molecule has 0 saturated carbocycles. The number of benzene rings is 2. The summed E-state index contributed by atoms with van der Waals surface area (Å²) in [6.07, 6.45) is 0.663. The van der Waals surface area contributed by atoms with Crippen molar-refractivity contribution < 1.29 is 50.2 Å². The molecule has 0 atom stereocenters. The molecule has 2 aliphatic heterocycles. The number of carbonyl (C=O) groups is 2. The molecule has 11 nitrogen and oxygen atoms in total. The molecular weight excluding hydrogens is 784 g/mol. The number of aromatic nitrogens is 1. The number of rotatable bonds is 12. The number of carboxylic acid groups (broad SMARTS) is 1. The van der Waals surface area contributed by atoms with Gasteiger partial charge < -0.3 is 28.8 Å². The van der Waals surface area contributed by atoms with Gasteiger partial charge in [0.1, 0.15) is 34.3 Å². The molecular formula is C38H49Cl2F3N4O7S. The molecule has 2 aliphatic rings. The summed E-state index contributed by atoms with van der Waals surface area (Å²) in [5.74, 6) is -2.08. The predicted octanol–water partition coefficient (Wildman–Crippen LogP) is 5.98. The fourth-order valence-electron chi connectivity index (χ4n) is 6.88. The number of carbonyl (C=O) groups excluding carboxylic acids is 2. The number of nitrogens with one attached hydrogen (secondary N) is 1. The van der Waals surface area contributed by atoms with E-state index in [4.69, 9.17) is 42.6 Å². The number of ether oxygens (including phenoxy) is 2. The molecule has 304 valence electrons. The van der Waals surface area contributed by atoms with Crippen LogP contribution in [0.5, 0.6) is 5.75 Å². The molecule has 0 bridgehead atoms. The van der Waals surface area contributed by atoms with E-state index in [-0.39, 0.29) is 53.5 Å². The summed E-state index contributed by atoms with van der Waals surface area (Å²) in [6.45, 7) is 6.81. The lowest BCUT2D eigenvalue weighted by Crippen LogP contribution is -2.62. The van der Waals surface area contributed by atoms with E-state index in [0.29, 0.717) is 35.8 Å². The normalized spacial score (nSPS) is 16.7. The van der Waals surface area contributed by atoms with Gasteiger partial charge in [-0.2, -0.15) is 17.9 Å². The van der Waals surface area contributed by atoms with Crippen LogP contribution in [0.15, 0.2) is 41.3 Å². The van der Waals surface area contributed by atoms with Crippen molar-refractivity contribution in [2.45, 2.75) is 82.0 Å². The first kappa shape index (κ1) is 44.5. The Labute approximate surface area is 330 Å². The zero-order valence-corrected chi connectivity index (χ0v) is 34.1. The Morgan fingerprint density at radius 2 is 1.71 bits per heavy atom. The van der Waals surface area contributed by atoms with Gasteiger partial charge in [-0.1, -0.05) is 41.8 Å². The van der Waals surface area contributed by atoms with Crippen molar-refractivity contribution in [2.24, 2.45) is 5.92 Å². The summed E-state index contributed by atoms with van der Waals surface area (Å²) in [5, 5.41) is 9.97. The molecule has 1 amide bonds. The van der Waals surface area contributed by atoms with Crippen LogP contribution in [-0.4, -0.2) is 100 Å². The van der Waals surface area contributed by atoms with Gasteiger partial charge in [0.25, 0.3) is 0 Å².